The number of hydrogen-bond acceptors (Lipinski definition) is 5. The van der Waals surface area contributed by atoms with Gasteiger partial charge in [0.05, 0.1) is 11.4 Å². The molecule has 2 aromatic heterocycles. The molecule has 0 amide bonds. The predicted molar refractivity (Wildman–Crippen MR) is 123 cm³/mol. The van der Waals surface area contributed by atoms with E-state index in [-0.39, 0.29) is 21.0 Å². The van der Waals surface area contributed by atoms with Gasteiger partial charge in [0, 0.05) is 23.7 Å². The molecule has 0 aliphatic rings. The molecule has 0 radical (unpaired) electrons. The van der Waals surface area contributed by atoms with Gasteiger partial charge in [-0.1, -0.05) is 18.2 Å². The van der Waals surface area contributed by atoms with Crippen LogP contribution in [0.4, 0.5) is 14.5 Å². The van der Waals surface area contributed by atoms with Crippen LogP contribution >= 0.6 is 11.3 Å². The van der Waals surface area contributed by atoms with Crippen LogP contribution in [0.2, 0.25) is 0 Å². The Labute approximate surface area is 193 Å². The number of carbonyl (C=O) groups is 1. The highest BCUT2D eigenvalue weighted by molar-refractivity contribution is 7.93. The number of sulfonamides is 1. The average Bonchev–Trinajstić information content (AvgIpc) is 3.36. The second-order valence-electron chi connectivity index (χ2n) is 7.41. The summed E-state index contributed by atoms with van der Waals surface area (Å²) in [7, 11) is -3.04. The Kier molecular flexibility index (Phi) is 5.89. The van der Waals surface area contributed by atoms with Crippen molar-refractivity contribution in [1.29, 1.82) is 0 Å². The average molecular weight is 488 g/mol. The normalized spacial score (nSPS) is 11.5. The Balaban J connectivity index is 1.93. The van der Waals surface area contributed by atoms with Gasteiger partial charge in [0.15, 0.2) is 0 Å². The molecule has 33 heavy (non-hydrogen) atoms. The van der Waals surface area contributed by atoms with Crippen LogP contribution in [0.25, 0.3) is 11.1 Å². The van der Waals surface area contributed by atoms with Gasteiger partial charge in [0.25, 0.3) is 15.9 Å². The zero-order valence-corrected chi connectivity index (χ0v) is 19.5. The maximum absolute atomic E-state index is 13.8. The molecule has 170 valence electrons. The van der Waals surface area contributed by atoms with Gasteiger partial charge in [-0.2, -0.15) is 5.10 Å². The number of hydrogen-bond donors (Lipinski definition) is 0. The van der Waals surface area contributed by atoms with Gasteiger partial charge in [-0.15, -0.1) is 11.3 Å². The minimum Gasteiger partial charge on any atom is -0.269 e. The Morgan fingerprint density at radius 3 is 2.33 bits per heavy atom. The van der Waals surface area contributed by atoms with Crippen molar-refractivity contribution in [3.63, 3.8) is 0 Å². The molecule has 0 fully saturated rings. The summed E-state index contributed by atoms with van der Waals surface area (Å²) in [6.45, 7) is 3.42. The highest BCUT2D eigenvalue weighted by atomic mass is 32.2. The fraction of sp³-hybridized carbons (Fsp3) is 0.130. The van der Waals surface area contributed by atoms with E-state index in [2.05, 4.69) is 5.10 Å². The number of halogens is 2. The molecule has 0 bridgehead atoms. The number of benzene rings is 2. The third kappa shape index (κ3) is 4.19. The number of anilines is 1. The van der Waals surface area contributed by atoms with Crippen molar-refractivity contribution in [3.05, 3.63) is 87.9 Å². The van der Waals surface area contributed by atoms with Crippen molar-refractivity contribution < 1.29 is 22.0 Å². The second kappa shape index (κ2) is 8.53. The first kappa shape index (κ1) is 22.8. The van der Waals surface area contributed by atoms with E-state index in [0.29, 0.717) is 17.0 Å². The molecule has 0 aliphatic carbocycles. The van der Waals surface area contributed by atoms with Crippen molar-refractivity contribution >= 4 is 33.0 Å². The Bertz CT molecular complexity index is 1460. The van der Waals surface area contributed by atoms with Crippen LogP contribution < -0.4 is 4.31 Å². The van der Waals surface area contributed by atoms with E-state index in [9.17, 15) is 22.0 Å². The van der Waals surface area contributed by atoms with Crippen molar-refractivity contribution in [3.8, 4) is 11.1 Å². The summed E-state index contributed by atoms with van der Waals surface area (Å²) < 4.78 is 56.9. The lowest BCUT2D eigenvalue weighted by Gasteiger charge is -2.21. The van der Waals surface area contributed by atoms with Crippen molar-refractivity contribution in [2.45, 2.75) is 18.7 Å². The summed E-state index contributed by atoms with van der Waals surface area (Å²) in [6.07, 6.45) is 0. The lowest BCUT2D eigenvalue weighted by atomic mass is 10.1. The largest absolute Gasteiger partial charge is 0.289 e. The molecule has 4 aromatic rings. The molecule has 0 atom stereocenters. The predicted octanol–water partition coefficient (Wildman–Crippen LogP) is 5.02. The van der Waals surface area contributed by atoms with Crippen LogP contribution in [0.15, 0.2) is 64.9 Å². The minimum atomic E-state index is -4.32. The number of thiophene rings is 1. The molecule has 6 nitrogen and oxygen atoms in total. The van der Waals surface area contributed by atoms with Gasteiger partial charge in [-0.25, -0.2) is 21.9 Å². The first-order valence-electron chi connectivity index (χ1n) is 9.79. The molecule has 2 heterocycles. The molecule has 0 N–H and O–H groups in total. The van der Waals surface area contributed by atoms with Gasteiger partial charge < -0.3 is 0 Å². The summed E-state index contributed by atoms with van der Waals surface area (Å²) >= 11 is 0.955. The van der Waals surface area contributed by atoms with E-state index in [1.165, 1.54) is 49.5 Å². The van der Waals surface area contributed by atoms with Gasteiger partial charge in [0.2, 0.25) is 0 Å². The van der Waals surface area contributed by atoms with E-state index in [1.54, 1.807) is 25.3 Å². The number of rotatable bonds is 5. The maximum Gasteiger partial charge on any atom is 0.289 e. The molecule has 4 rings (SSSR count). The molecular weight excluding hydrogens is 468 g/mol. The molecular formula is C23H19F2N3O3S2. The number of aryl methyl sites for hydroxylation is 2. The Morgan fingerprint density at radius 1 is 1.03 bits per heavy atom. The van der Waals surface area contributed by atoms with Crippen LogP contribution in [0.3, 0.4) is 0 Å². The van der Waals surface area contributed by atoms with Crippen molar-refractivity contribution in [2.24, 2.45) is 0 Å². The van der Waals surface area contributed by atoms with Gasteiger partial charge in [0.1, 0.15) is 21.4 Å². The minimum absolute atomic E-state index is 0.0521. The summed E-state index contributed by atoms with van der Waals surface area (Å²) in [5, 5.41) is 5.72. The first-order valence-corrected chi connectivity index (χ1v) is 12.1. The Hall–Kier alpha value is -3.37. The van der Waals surface area contributed by atoms with Crippen molar-refractivity contribution in [1.82, 2.24) is 9.78 Å². The molecule has 0 saturated carbocycles. The maximum atomic E-state index is 13.8. The van der Waals surface area contributed by atoms with Gasteiger partial charge in [-0.05, 0) is 55.8 Å². The lowest BCUT2D eigenvalue weighted by Crippen LogP contribution is -2.29. The topological polar surface area (TPSA) is 72.3 Å². The summed E-state index contributed by atoms with van der Waals surface area (Å²) in [6, 6.07) is 12.1. The third-order valence-electron chi connectivity index (χ3n) is 5.09. The summed E-state index contributed by atoms with van der Waals surface area (Å²) in [5.74, 6) is -1.68. The fourth-order valence-corrected chi connectivity index (χ4v) is 6.33. The third-order valence-corrected chi connectivity index (χ3v) is 8.06. The molecule has 0 spiro atoms. The van der Waals surface area contributed by atoms with E-state index >= 15 is 0 Å². The first-order chi connectivity index (χ1) is 15.6. The van der Waals surface area contributed by atoms with E-state index < -0.39 is 27.6 Å². The quantitative estimate of drug-likeness (QED) is 0.396. The molecule has 10 heteroatoms. The van der Waals surface area contributed by atoms with Crippen LogP contribution in [-0.2, 0) is 10.0 Å². The van der Waals surface area contributed by atoms with Gasteiger partial charge >= 0.3 is 0 Å². The lowest BCUT2D eigenvalue weighted by molar-refractivity contribution is 0.0943. The standard InChI is InChI=1S/C23H19F2N3O3S2/c1-14-11-15(2)28(26-14)23(29)21-22(20(13-32-21)16-7-9-17(24)10-8-16)33(30,31)27(3)19-6-4-5-18(25)12-19/h4-13H,1-3H3. The zero-order chi connectivity index (χ0) is 23.9. The molecule has 0 aliphatic heterocycles. The molecule has 0 saturated heterocycles. The Morgan fingerprint density at radius 2 is 1.73 bits per heavy atom. The van der Waals surface area contributed by atoms with E-state index in [1.807, 2.05) is 0 Å². The number of aromatic nitrogens is 2. The van der Waals surface area contributed by atoms with Gasteiger partial charge in [-0.3, -0.25) is 9.10 Å². The van der Waals surface area contributed by atoms with Crippen LogP contribution in [0.5, 0.6) is 0 Å². The summed E-state index contributed by atoms with van der Waals surface area (Å²) in [5.41, 5.74) is 1.92. The van der Waals surface area contributed by atoms with Crippen molar-refractivity contribution in [2.75, 3.05) is 11.4 Å². The van der Waals surface area contributed by atoms with Crippen LogP contribution in [0.1, 0.15) is 21.1 Å². The highest BCUT2D eigenvalue weighted by Crippen LogP contribution is 2.38. The molecule has 2 aromatic carbocycles. The van der Waals surface area contributed by atoms with E-state index in [4.69, 9.17) is 0 Å². The SMILES string of the molecule is Cc1cc(C)n(C(=O)c2scc(-c3ccc(F)cc3)c2S(=O)(=O)N(C)c2cccc(F)c2)n1. The smallest absolute Gasteiger partial charge is 0.269 e. The highest BCUT2D eigenvalue weighted by Gasteiger charge is 2.34. The second-order valence-corrected chi connectivity index (χ2v) is 10.2. The number of nitrogens with zero attached hydrogens (tertiary/aromatic N) is 3. The summed E-state index contributed by atoms with van der Waals surface area (Å²) in [4.78, 5) is 13.1. The zero-order valence-electron chi connectivity index (χ0n) is 17.9. The fourth-order valence-electron chi connectivity index (χ4n) is 3.46. The number of carbonyl (C=O) groups excluding carboxylic acids is 1. The van der Waals surface area contributed by atoms with Crippen LogP contribution in [-0.4, -0.2) is 31.2 Å². The monoisotopic (exact) mass is 487 g/mol. The van der Waals surface area contributed by atoms with Crippen LogP contribution in [0, 0.1) is 25.5 Å². The van der Waals surface area contributed by atoms with E-state index in [0.717, 1.165) is 26.4 Å². The molecule has 0 unspecified atom stereocenters.